The van der Waals surface area contributed by atoms with Gasteiger partial charge in [-0.15, -0.1) is 12.4 Å². The van der Waals surface area contributed by atoms with E-state index in [0.717, 1.165) is 12.1 Å². The maximum absolute atomic E-state index is 13.4. The SMILES string of the molecule is COCCOCCC(=O)N1CCNCC1c1cccc(F)c1.Cl. The molecule has 5 nitrogen and oxygen atoms in total. The summed E-state index contributed by atoms with van der Waals surface area (Å²) in [7, 11) is 1.61. The Morgan fingerprint density at radius 3 is 2.96 bits per heavy atom. The fourth-order valence-electron chi connectivity index (χ4n) is 2.56. The smallest absolute Gasteiger partial charge is 0.225 e. The van der Waals surface area contributed by atoms with Gasteiger partial charge in [-0.1, -0.05) is 12.1 Å². The van der Waals surface area contributed by atoms with Crippen LogP contribution >= 0.6 is 12.4 Å². The predicted octanol–water partition coefficient (Wildman–Crippen LogP) is 1.77. The lowest BCUT2D eigenvalue weighted by Crippen LogP contribution is -2.48. The van der Waals surface area contributed by atoms with Crippen LogP contribution in [0.5, 0.6) is 0 Å². The molecule has 1 aromatic rings. The summed E-state index contributed by atoms with van der Waals surface area (Å²) in [5.41, 5.74) is 0.820. The standard InChI is InChI=1S/C16H23FN2O3.ClH/c1-21-9-10-22-8-5-16(20)19-7-6-18-12-15(19)13-3-2-4-14(17)11-13;/h2-4,11,15,18H,5-10,12H2,1H3;1H. The van der Waals surface area contributed by atoms with E-state index in [-0.39, 0.29) is 30.2 Å². The number of piperazine rings is 1. The normalized spacial score (nSPS) is 17.7. The zero-order valence-electron chi connectivity index (χ0n) is 13.3. The molecule has 23 heavy (non-hydrogen) atoms. The summed E-state index contributed by atoms with van der Waals surface area (Å²) in [4.78, 5) is 14.2. The average molecular weight is 347 g/mol. The minimum Gasteiger partial charge on any atom is -0.382 e. The summed E-state index contributed by atoms with van der Waals surface area (Å²) in [5.74, 6) is -0.244. The Labute approximate surface area is 142 Å². The predicted molar refractivity (Wildman–Crippen MR) is 88.3 cm³/mol. The molecule has 0 spiro atoms. The van der Waals surface area contributed by atoms with E-state index in [1.165, 1.54) is 12.1 Å². The average Bonchev–Trinajstić information content (AvgIpc) is 2.54. The number of nitrogens with zero attached hydrogens (tertiary/aromatic N) is 1. The molecule has 1 amide bonds. The fraction of sp³-hybridized carbons (Fsp3) is 0.562. The quantitative estimate of drug-likeness (QED) is 0.765. The van der Waals surface area contributed by atoms with Gasteiger partial charge in [0.25, 0.3) is 0 Å². The monoisotopic (exact) mass is 346 g/mol. The van der Waals surface area contributed by atoms with Crippen molar-refractivity contribution in [2.75, 3.05) is 46.6 Å². The zero-order chi connectivity index (χ0) is 15.8. The first-order chi connectivity index (χ1) is 10.7. The van der Waals surface area contributed by atoms with E-state index in [0.29, 0.717) is 39.3 Å². The number of rotatable bonds is 7. The molecule has 0 bridgehead atoms. The van der Waals surface area contributed by atoms with Crippen molar-refractivity contribution >= 4 is 18.3 Å². The second-order valence-electron chi connectivity index (χ2n) is 5.22. The molecule has 1 unspecified atom stereocenters. The highest BCUT2D eigenvalue weighted by Crippen LogP contribution is 2.23. The number of nitrogens with one attached hydrogen (secondary N) is 1. The number of ether oxygens (including phenoxy) is 2. The summed E-state index contributed by atoms with van der Waals surface area (Å²) in [6.07, 6.45) is 0.329. The molecule has 0 aromatic heterocycles. The lowest BCUT2D eigenvalue weighted by Gasteiger charge is -2.36. The van der Waals surface area contributed by atoms with Gasteiger partial charge in [0.1, 0.15) is 5.82 Å². The summed E-state index contributed by atoms with van der Waals surface area (Å²) in [6.45, 7) is 3.40. The molecule has 0 saturated carbocycles. The van der Waals surface area contributed by atoms with Crippen LogP contribution in [0.4, 0.5) is 4.39 Å². The molecule has 1 atom stereocenters. The molecule has 1 heterocycles. The van der Waals surface area contributed by atoms with Gasteiger partial charge in [0.2, 0.25) is 5.91 Å². The molecule has 1 N–H and O–H groups in total. The minimum atomic E-state index is -0.279. The molecular formula is C16H24ClFN2O3. The molecule has 1 saturated heterocycles. The Balaban J connectivity index is 0.00000264. The number of hydrogen-bond acceptors (Lipinski definition) is 4. The summed E-state index contributed by atoms with van der Waals surface area (Å²) in [6, 6.07) is 6.31. The van der Waals surface area contributed by atoms with E-state index >= 15 is 0 Å². The van der Waals surface area contributed by atoms with Crippen LogP contribution in [0.15, 0.2) is 24.3 Å². The first-order valence-electron chi connectivity index (χ1n) is 7.54. The maximum atomic E-state index is 13.4. The maximum Gasteiger partial charge on any atom is 0.225 e. The van der Waals surface area contributed by atoms with Crippen LogP contribution in [-0.2, 0) is 14.3 Å². The summed E-state index contributed by atoms with van der Waals surface area (Å²) < 4.78 is 23.7. The van der Waals surface area contributed by atoms with Gasteiger partial charge < -0.3 is 19.7 Å². The third-order valence-electron chi connectivity index (χ3n) is 3.69. The van der Waals surface area contributed by atoms with Gasteiger partial charge in [0, 0.05) is 26.7 Å². The van der Waals surface area contributed by atoms with Gasteiger partial charge in [-0.25, -0.2) is 4.39 Å². The van der Waals surface area contributed by atoms with Gasteiger partial charge in [-0.05, 0) is 17.7 Å². The van der Waals surface area contributed by atoms with Gasteiger partial charge >= 0.3 is 0 Å². The number of carbonyl (C=O) groups is 1. The Hall–Kier alpha value is -1.21. The van der Waals surface area contributed by atoms with E-state index < -0.39 is 0 Å². The topological polar surface area (TPSA) is 50.8 Å². The molecule has 1 aromatic carbocycles. The number of halogens is 2. The van der Waals surface area contributed by atoms with Crippen LogP contribution in [0.3, 0.4) is 0 Å². The third-order valence-corrected chi connectivity index (χ3v) is 3.69. The molecule has 7 heteroatoms. The molecule has 130 valence electrons. The first kappa shape index (κ1) is 19.8. The van der Waals surface area contributed by atoms with Crippen molar-refractivity contribution in [2.45, 2.75) is 12.5 Å². The largest absolute Gasteiger partial charge is 0.382 e. The first-order valence-corrected chi connectivity index (χ1v) is 7.54. The Bertz CT molecular complexity index is 490. The van der Waals surface area contributed by atoms with Crippen LogP contribution in [-0.4, -0.2) is 57.4 Å². The molecule has 1 aliphatic heterocycles. The Morgan fingerprint density at radius 2 is 2.22 bits per heavy atom. The van der Waals surface area contributed by atoms with Gasteiger partial charge in [0.15, 0.2) is 0 Å². The summed E-state index contributed by atoms with van der Waals surface area (Å²) in [5, 5.41) is 3.26. The van der Waals surface area contributed by atoms with Crippen molar-refractivity contribution in [3.05, 3.63) is 35.6 Å². The second kappa shape index (κ2) is 10.5. The second-order valence-corrected chi connectivity index (χ2v) is 5.22. The molecule has 0 radical (unpaired) electrons. The van der Waals surface area contributed by atoms with Crippen molar-refractivity contribution in [3.63, 3.8) is 0 Å². The van der Waals surface area contributed by atoms with E-state index in [1.807, 2.05) is 11.0 Å². The molecule has 1 aliphatic rings. The highest BCUT2D eigenvalue weighted by Gasteiger charge is 2.27. The minimum absolute atomic E-state index is 0. The van der Waals surface area contributed by atoms with E-state index in [2.05, 4.69) is 5.32 Å². The Kier molecular flexibility index (Phi) is 9.09. The Morgan fingerprint density at radius 1 is 1.39 bits per heavy atom. The number of benzene rings is 1. The molecule has 2 rings (SSSR count). The van der Waals surface area contributed by atoms with Crippen molar-refractivity contribution in [1.82, 2.24) is 10.2 Å². The van der Waals surface area contributed by atoms with E-state index in [4.69, 9.17) is 9.47 Å². The number of amides is 1. The molecule has 0 aliphatic carbocycles. The van der Waals surface area contributed by atoms with E-state index in [9.17, 15) is 9.18 Å². The highest BCUT2D eigenvalue weighted by molar-refractivity contribution is 5.85. The van der Waals surface area contributed by atoms with Crippen molar-refractivity contribution < 1.29 is 18.7 Å². The lowest BCUT2D eigenvalue weighted by molar-refractivity contribution is -0.135. The van der Waals surface area contributed by atoms with Crippen LogP contribution in [0.2, 0.25) is 0 Å². The van der Waals surface area contributed by atoms with Crippen molar-refractivity contribution in [2.24, 2.45) is 0 Å². The zero-order valence-corrected chi connectivity index (χ0v) is 14.1. The fourth-order valence-corrected chi connectivity index (χ4v) is 2.56. The molecule has 1 fully saturated rings. The molecular weight excluding hydrogens is 323 g/mol. The van der Waals surface area contributed by atoms with Gasteiger partial charge in [-0.3, -0.25) is 4.79 Å². The van der Waals surface area contributed by atoms with Crippen LogP contribution in [0, 0.1) is 5.82 Å². The number of hydrogen-bond donors (Lipinski definition) is 1. The number of methoxy groups -OCH3 is 1. The van der Waals surface area contributed by atoms with Gasteiger partial charge in [-0.2, -0.15) is 0 Å². The van der Waals surface area contributed by atoms with E-state index in [1.54, 1.807) is 13.2 Å². The summed E-state index contributed by atoms with van der Waals surface area (Å²) >= 11 is 0. The van der Waals surface area contributed by atoms with Gasteiger partial charge in [0.05, 0.1) is 32.3 Å². The highest BCUT2D eigenvalue weighted by atomic mass is 35.5. The van der Waals surface area contributed by atoms with Crippen LogP contribution in [0.1, 0.15) is 18.0 Å². The van der Waals surface area contributed by atoms with Crippen molar-refractivity contribution in [3.8, 4) is 0 Å². The van der Waals surface area contributed by atoms with Crippen LogP contribution in [0.25, 0.3) is 0 Å². The van der Waals surface area contributed by atoms with Crippen LogP contribution < -0.4 is 5.32 Å². The van der Waals surface area contributed by atoms with Crippen molar-refractivity contribution in [1.29, 1.82) is 0 Å². The third kappa shape index (κ3) is 6.06. The lowest BCUT2D eigenvalue weighted by atomic mass is 10.0. The number of carbonyl (C=O) groups excluding carboxylic acids is 1.